The summed E-state index contributed by atoms with van der Waals surface area (Å²) in [6.45, 7) is 4.64. The molecular formula is C22H24FN3O3S. The smallest absolute Gasteiger partial charge is 0.266 e. The Balaban J connectivity index is 1.46. The second kappa shape index (κ2) is 9.97. The third-order valence-corrected chi connectivity index (χ3v) is 5.98. The molecule has 30 heavy (non-hydrogen) atoms. The van der Waals surface area contributed by atoms with E-state index in [4.69, 9.17) is 9.47 Å². The Bertz CT molecular complexity index is 976. The molecule has 1 saturated heterocycles. The number of carbonyl (C=O) groups excluding carboxylic acids is 1. The fraction of sp³-hybridized carbons (Fsp3) is 0.364. The Morgan fingerprint density at radius 1 is 1.20 bits per heavy atom. The fourth-order valence-corrected chi connectivity index (χ4v) is 4.38. The first-order valence-corrected chi connectivity index (χ1v) is 10.8. The van der Waals surface area contributed by atoms with Crippen molar-refractivity contribution in [1.29, 1.82) is 0 Å². The number of benzene rings is 2. The summed E-state index contributed by atoms with van der Waals surface area (Å²) in [5.41, 5.74) is 0.686. The van der Waals surface area contributed by atoms with Gasteiger partial charge in [0.05, 0.1) is 23.4 Å². The van der Waals surface area contributed by atoms with Gasteiger partial charge in [-0.3, -0.25) is 14.6 Å². The molecule has 3 aromatic rings. The van der Waals surface area contributed by atoms with Gasteiger partial charge in [0.2, 0.25) is 0 Å². The molecule has 0 saturated carbocycles. The maximum Gasteiger partial charge on any atom is 0.266 e. The van der Waals surface area contributed by atoms with Gasteiger partial charge in [0.1, 0.15) is 11.6 Å². The van der Waals surface area contributed by atoms with E-state index < -0.39 is 0 Å². The van der Waals surface area contributed by atoms with Crippen molar-refractivity contribution in [1.82, 2.24) is 9.88 Å². The van der Waals surface area contributed by atoms with Gasteiger partial charge < -0.3 is 9.47 Å². The molecule has 1 aliphatic heterocycles. The van der Waals surface area contributed by atoms with Crippen molar-refractivity contribution >= 4 is 32.6 Å². The standard InChI is InChI=1S/C22H24FN3O3S/c23-17-7-8-19-20(15-17)30-22(24-19)26(10-4-9-25-11-13-28-14-12-25)21(27)16-29-18-5-2-1-3-6-18/h1-3,5-8,15H,4,9-14,16H2. The van der Waals surface area contributed by atoms with Gasteiger partial charge in [0.25, 0.3) is 5.91 Å². The maximum atomic E-state index is 13.6. The van der Waals surface area contributed by atoms with Crippen LogP contribution < -0.4 is 9.64 Å². The molecule has 0 atom stereocenters. The molecule has 4 rings (SSSR count). The number of fused-ring (bicyclic) bond motifs is 1. The second-order valence-electron chi connectivity index (χ2n) is 7.06. The SMILES string of the molecule is O=C(COc1ccccc1)N(CCCN1CCOCC1)c1nc2ccc(F)cc2s1. The van der Waals surface area contributed by atoms with E-state index in [1.54, 1.807) is 11.0 Å². The van der Waals surface area contributed by atoms with E-state index in [2.05, 4.69) is 9.88 Å². The van der Waals surface area contributed by atoms with Crippen LogP contribution in [0.2, 0.25) is 0 Å². The van der Waals surface area contributed by atoms with Crippen LogP contribution in [-0.4, -0.2) is 61.8 Å². The Morgan fingerprint density at radius 3 is 2.80 bits per heavy atom. The van der Waals surface area contributed by atoms with E-state index in [-0.39, 0.29) is 18.3 Å². The van der Waals surface area contributed by atoms with Crippen LogP contribution >= 0.6 is 11.3 Å². The monoisotopic (exact) mass is 429 g/mol. The summed E-state index contributed by atoms with van der Waals surface area (Å²) in [4.78, 5) is 21.6. The van der Waals surface area contributed by atoms with Crippen molar-refractivity contribution < 1.29 is 18.7 Å². The zero-order chi connectivity index (χ0) is 20.8. The second-order valence-corrected chi connectivity index (χ2v) is 8.07. The Hall–Kier alpha value is -2.55. The van der Waals surface area contributed by atoms with E-state index >= 15 is 0 Å². The van der Waals surface area contributed by atoms with Crippen molar-refractivity contribution in [2.45, 2.75) is 6.42 Å². The molecule has 1 aliphatic rings. The molecule has 0 bridgehead atoms. The van der Waals surface area contributed by atoms with Gasteiger partial charge in [-0.25, -0.2) is 9.37 Å². The lowest BCUT2D eigenvalue weighted by molar-refractivity contribution is -0.120. The topological polar surface area (TPSA) is 54.9 Å². The largest absolute Gasteiger partial charge is 0.484 e. The van der Waals surface area contributed by atoms with Gasteiger partial charge in [0.15, 0.2) is 11.7 Å². The Labute approximate surface area is 178 Å². The van der Waals surface area contributed by atoms with Crippen molar-refractivity contribution in [3.63, 3.8) is 0 Å². The third kappa shape index (κ3) is 5.33. The number of halogens is 1. The highest BCUT2D eigenvalue weighted by Gasteiger charge is 2.21. The van der Waals surface area contributed by atoms with Gasteiger partial charge in [0, 0.05) is 26.2 Å². The summed E-state index contributed by atoms with van der Waals surface area (Å²) in [5, 5.41) is 0.569. The maximum absolute atomic E-state index is 13.6. The van der Waals surface area contributed by atoms with Gasteiger partial charge in [-0.2, -0.15) is 0 Å². The summed E-state index contributed by atoms with van der Waals surface area (Å²) in [5.74, 6) is 0.168. The van der Waals surface area contributed by atoms with Crippen LogP contribution in [0.25, 0.3) is 10.2 Å². The zero-order valence-electron chi connectivity index (χ0n) is 16.6. The first-order valence-electron chi connectivity index (χ1n) is 10.0. The summed E-state index contributed by atoms with van der Waals surface area (Å²) in [6.07, 6.45) is 0.807. The van der Waals surface area contributed by atoms with Gasteiger partial charge >= 0.3 is 0 Å². The molecule has 0 N–H and O–H groups in total. The highest BCUT2D eigenvalue weighted by Crippen LogP contribution is 2.29. The average molecular weight is 430 g/mol. The van der Waals surface area contributed by atoms with Crippen molar-refractivity contribution in [2.75, 3.05) is 50.9 Å². The number of anilines is 1. The van der Waals surface area contributed by atoms with Crippen LogP contribution in [0, 0.1) is 5.82 Å². The average Bonchev–Trinajstić information content (AvgIpc) is 3.19. The summed E-state index contributed by atoms with van der Waals surface area (Å²) >= 11 is 1.32. The molecule has 6 nitrogen and oxygen atoms in total. The number of amides is 1. The van der Waals surface area contributed by atoms with Gasteiger partial charge in [-0.05, 0) is 36.8 Å². The molecule has 0 spiro atoms. The normalized spacial score (nSPS) is 14.7. The van der Waals surface area contributed by atoms with Crippen LogP contribution in [0.4, 0.5) is 9.52 Å². The van der Waals surface area contributed by atoms with E-state index in [1.165, 1.54) is 23.5 Å². The van der Waals surface area contributed by atoms with Crippen molar-refractivity contribution in [2.24, 2.45) is 0 Å². The number of nitrogens with zero attached hydrogens (tertiary/aromatic N) is 3. The first kappa shape index (κ1) is 20.7. The van der Waals surface area contributed by atoms with Gasteiger partial charge in [-0.1, -0.05) is 29.5 Å². The van der Waals surface area contributed by atoms with Crippen molar-refractivity contribution in [3.05, 3.63) is 54.3 Å². The van der Waals surface area contributed by atoms with Crippen LogP contribution in [0.15, 0.2) is 48.5 Å². The minimum absolute atomic E-state index is 0.0775. The van der Waals surface area contributed by atoms with Crippen LogP contribution in [0.1, 0.15) is 6.42 Å². The predicted octanol–water partition coefficient (Wildman–Crippen LogP) is 3.57. The van der Waals surface area contributed by atoms with Crippen LogP contribution in [0.3, 0.4) is 0 Å². The number of hydrogen-bond donors (Lipinski definition) is 0. The molecular weight excluding hydrogens is 405 g/mol. The number of thiazole rings is 1. The minimum atomic E-state index is -0.310. The Morgan fingerprint density at radius 2 is 2.00 bits per heavy atom. The minimum Gasteiger partial charge on any atom is -0.484 e. The predicted molar refractivity (Wildman–Crippen MR) is 116 cm³/mol. The molecule has 1 fully saturated rings. The molecule has 0 aliphatic carbocycles. The quantitative estimate of drug-likeness (QED) is 0.548. The zero-order valence-corrected chi connectivity index (χ0v) is 17.4. The summed E-state index contributed by atoms with van der Waals surface area (Å²) in [7, 11) is 0. The summed E-state index contributed by atoms with van der Waals surface area (Å²) in [6, 6.07) is 13.7. The molecule has 2 aromatic carbocycles. The summed E-state index contributed by atoms with van der Waals surface area (Å²) < 4.78 is 25.4. The highest BCUT2D eigenvalue weighted by molar-refractivity contribution is 7.22. The first-order chi connectivity index (χ1) is 14.7. The highest BCUT2D eigenvalue weighted by atomic mass is 32.1. The van der Waals surface area contributed by atoms with E-state index in [0.717, 1.165) is 44.0 Å². The number of aromatic nitrogens is 1. The van der Waals surface area contributed by atoms with Crippen LogP contribution in [-0.2, 0) is 9.53 Å². The Kier molecular flexibility index (Phi) is 6.88. The van der Waals surface area contributed by atoms with E-state index in [1.807, 2.05) is 30.3 Å². The molecule has 1 amide bonds. The third-order valence-electron chi connectivity index (χ3n) is 4.94. The number of hydrogen-bond acceptors (Lipinski definition) is 6. The number of morpholine rings is 1. The molecule has 8 heteroatoms. The van der Waals surface area contributed by atoms with Crippen molar-refractivity contribution in [3.8, 4) is 5.75 Å². The number of para-hydroxylation sites is 1. The number of ether oxygens (including phenoxy) is 2. The molecule has 0 unspecified atom stereocenters. The van der Waals surface area contributed by atoms with E-state index in [0.29, 0.717) is 22.9 Å². The van der Waals surface area contributed by atoms with E-state index in [9.17, 15) is 9.18 Å². The molecule has 1 aromatic heterocycles. The lowest BCUT2D eigenvalue weighted by Crippen LogP contribution is -2.40. The molecule has 158 valence electrons. The van der Waals surface area contributed by atoms with Gasteiger partial charge in [-0.15, -0.1) is 0 Å². The number of carbonyl (C=O) groups is 1. The van der Waals surface area contributed by atoms with Crippen LogP contribution in [0.5, 0.6) is 5.75 Å². The lowest BCUT2D eigenvalue weighted by Gasteiger charge is -2.27. The lowest BCUT2D eigenvalue weighted by atomic mass is 10.3. The molecule has 0 radical (unpaired) electrons. The fourth-order valence-electron chi connectivity index (χ4n) is 3.35. The molecule has 2 heterocycles. The number of rotatable bonds is 8.